The van der Waals surface area contributed by atoms with Crippen molar-refractivity contribution in [3.8, 4) is 6.07 Å². The third kappa shape index (κ3) is 3.80. The van der Waals surface area contributed by atoms with Gasteiger partial charge in [-0.1, -0.05) is 66.7 Å². The molecule has 0 amide bonds. The molecule has 21 heavy (non-hydrogen) atoms. The van der Waals surface area contributed by atoms with Crippen LogP contribution < -0.4 is 0 Å². The van der Waals surface area contributed by atoms with Crippen LogP contribution in [0.4, 0.5) is 0 Å². The van der Waals surface area contributed by atoms with Crippen molar-refractivity contribution in [3.05, 3.63) is 83.4 Å². The number of hydrogen-bond acceptors (Lipinski definition) is 2. The second-order valence-electron chi connectivity index (χ2n) is 4.64. The van der Waals surface area contributed by atoms with Crippen molar-refractivity contribution < 1.29 is 9.90 Å². The zero-order chi connectivity index (χ0) is 15.1. The summed E-state index contributed by atoms with van der Waals surface area (Å²) >= 11 is 0. The Kier molecular flexibility index (Phi) is 4.89. The van der Waals surface area contributed by atoms with Crippen molar-refractivity contribution >= 4 is 5.97 Å². The predicted molar refractivity (Wildman–Crippen MR) is 80.7 cm³/mol. The maximum atomic E-state index is 10.9. The first-order valence-electron chi connectivity index (χ1n) is 6.66. The SMILES string of the molecule is N#CC(=CCC(c1ccccc1)c1ccccc1)C(=O)O. The highest BCUT2D eigenvalue weighted by Gasteiger charge is 2.14. The monoisotopic (exact) mass is 277 g/mol. The van der Waals surface area contributed by atoms with Crippen molar-refractivity contribution in [2.75, 3.05) is 0 Å². The summed E-state index contributed by atoms with van der Waals surface area (Å²) in [5.74, 6) is -1.15. The molecule has 0 aliphatic carbocycles. The van der Waals surface area contributed by atoms with Gasteiger partial charge < -0.3 is 5.11 Å². The summed E-state index contributed by atoms with van der Waals surface area (Å²) in [7, 11) is 0. The number of rotatable bonds is 5. The van der Waals surface area contributed by atoms with Crippen LogP contribution in [0.25, 0.3) is 0 Å². The number of benzene rings is 2. The third-order valence-corrected chi connectivity index (χ3v) is 3.31. The van der Waals surface area contributed by atoms with E-state index in [2.05, 4.69) is 0 Å². The molecule has 2 aromatic carbocycles. The van der Waals surface area contributed by atoms with E-state index in [0.29, 0.717) is 6.42 Å². The normalized spacial score (nSPS) is 11.1. The van der Waals surface area contributed by atoms with E-state index in [1.807, 2.05) is 60.7 Å². The molecule has 2 aromatic rings. The van der Waals surface area contributed by atoms with Crippen molar-refractivity contribution in [1.29, 1.82) is 5.26 Å². The molecule has 0 spiro atoms. The summed E-state index contributed by atoms with van der Waals surface area (Å²) in [6.07, 6.45) is 1.97. The van der Waals surface area contributed by atoms with Gasteiger partial charge in [0.25, 0.3) is 0 Å². The Hall–Kier alpha value is -2.86. The molecule has 1 N–H and O–H groups in total. The van der Waals surface area contributed by atoms with Crippen LogP contribution in [0.1, 0.15) is 23.5 Å². The molecule has 3 heteroatoms. The molecular formula is C18H15NO2. The van der Waals surface area contributed by atoms with E-state index in [4.69, 9.17) is 10.4 Å². The molecule has 2 rings (SSSR count). The van der Waals surface area contributed by atoms with Crippen LogP contribution in [-0.2, 0) is 4.79 Å². The lowest BCUT2D eigenvalue weighted by atomic mass is 9.88. The van der Waals surface area contributed by atoms with Crippen LogP contribution in [0.15, 0.2) is 72.3 Å². The lowest BCUT2D eigenvalue weighted by molar-refractivity contribution is -0.132. The molecule has 3 nitrogen and oxygen atoms in total. The molecule has 0 aliphatic heterocycles. The summed E-state index contributed by atoms with van der Waals surface area (Å²) in [6, 6.07) is 21.5. The Balaban J connectivity index is 2.35. The summed E-state index contributed by atoms with van der Waals surface area (Å²) < 4.78 is 0. The van der Waals surface area contributed by atoms with Crippen molar-refractivity contribution in [2.24, 2.45) is 0 Å². The van der Waals surface area contributed by atoms with E-state index in [0.717, 1.165) is 11.1 Å². The number of aliphatic carboxylic acids is 1. The number of carboxylic acids is 1. The van der Waals surface area contributed by atoms with E-state index in [1.54, 1.807) is 6.07 Å². The Bertz CT molecular complexity index is 630. The lowest BCUT2D eigenvalue weighted by Gasteiger charge is -2.16. The maximum Gasteiger partial charge on any atom is 0.346 e. The second kappa shape index (κ2) is 7.06. The van der Waals surface area contributed by atoms with E-state index in [9.17, 15) is 4.79 Å². The first-order chi connectivity index (χ1) is 10.2. The van der Waals surface area contributed by atoms with Gasteiger partial charge in [0.05, 0.1) is 0 Å². The highest BCUT2D eigenvalue weighted by atomic mass is 16.4. The molecule has 0 saturated carbocycles. The average Bonchev–Trinajstić information content (AvgIpc) is 2.53. The standard InChI is InChI=1S/C18H15NO2/c19-13-16(18(20)21)11-12-17(14-7-3-1-4-8-14)15-9-5-2-6-10-15/h1-11,17H,12H2,(H,20,21). The number of nitriles is 1. The third-order valence-electron chi connectivity index (χ3n) is 3.31. The zero-order valence-corrected chi connectivity index (χ0v) is 11.4. The smallest absolute Gasteiger partial charge is 0.346 e. The molecule has 104 valence electrons. The predicted octanol–water partition coefficient (Wildman–Crippen LogP) is 3.74. The highest BCUT2D eigenvalue weighted by Crippen LogP contribution is 2.28. The summed E-state index contributed by atoms with van der Waals surface area (Å²) in [5.41, 5.74) is 1.98. The molecule has 0 atom stereocenters. The molecular weight excluding hydrogens is 262 g/mol. The van der Waals surface area contributed by atoms with Crippen LogP contribution in [0, 0.1) is 11.3 Å². The Morgan fingerprint density at radius 2 is 1.52 bits per heavy atom. The van der Waals surface area contributed by atoms with Crippen molar-refractivity contribution in [2.45, 2.75) is 12.3 Å². The first kappa shape index (κ1) is 14.5. The van der Waals surface area contributed by atoms with E-state index in [-0.39, 0.29) is 11.5 Å². The van der Waals surface area contributed by atoms with Gasteiger partial charge >= 0.3 is 5.97 Å². The molecule has 0 aliphatic rings. The van der Waals surface area contributed by atoms with Gasteiger partial charge in [-0.2, -0.15) is 5.26 Å². The molecule has 0 bridgehead atoms. The maximum absolute atomic E-state index is 10.9. The zero-order valence-electron chi connectivity index (χ0n) is 11.4. The van der Waals surface area contributed by atoms with Gasteiger partial charge in [-0.3, -0.25) is 0 Å². The van der Waals surface area contributed by atoms with Crippen molar-refractivity contribution in [3.63, 3.8) is 0 Å². The Morgan fingerprint density at radius 3 is 1.90 bits per heavy atom. The molecule has 0 aromatic heterocycles. The number of carbonyl (C=O) groups is 1. The molecule has 0 saturated heterocycles. The molecule has 0 unspecified atom stereocenters. The van der Waals surface area contributed by atoms with Gasteiger partial charge in [-0.25, -0.2) is 4.79 Å². The Morgan fingerprint density at radius 1 is 1.05 bits per heavy atom. The van der Waals surface area contributed by atoms with Crippen LogP contribution in [0.2, 0.25) is 0 Å². The minimum absolute atomic E-state index is 0.0371. The number of allylic oxidation sites excluding steroid dienone is 1. The fourth-order valence-electron chi connectivity index (χ4n) is 2.25. The van der Waals surface area contributed by atoms with Crippen molar-refractivity contribution in [1.82, 2.24) is 0 Å². The fraction of sp³-hybridized carbons (Fsp3) is 0.111. The van der Waals surface area contributed by atoms with Gasteiger partial charge in [0.15, 0.2) is 0 Å². The number of hydrogen-bond donors (Lipinski definition) is 1. The summed E-state index contributed by atoms with van der Waals surface area (Å²) in [6.45, 7) is 0. The quantitative estimate of drug-likeness (QED) is 0.669. The minimum atomic E-state index is -1.18. The summed E-state index contributed by atoms with van der Waals surface area (Å²) in [5, 5.41) is 17.8. The topological polar surface area (TPSA) is 61.1 Å². The summed E-state index contributed by atoms with van der Waals surface area (Å²) in [4.78, 5) is 10.9. The highest BCUT2D eigenvalue weighted by molar-refractivity contribution is 5.90. The number of carboxylic acid groups (broad SMARTS) is 1. The largest absolute Gasteiger partial charge is 0.477 e. The van der Waals surface area contributed by atoms with Gasteiger partial charge in [-0.05, 0) is 17.5 Å². The van der Waals surface area contributed by atoms with Crippen LogP contribution >= 0.6 is 0 Å². The van der Waals surface area contributed by atoms with Gasteiger partial charge in [0.2, 0.25) is 0 Å². The van der Waals surface area contributed by atoms with E-state index >= 15 is 0 Å². The Labute approximate surface area is 123 Å². The second-order valence-corrected chi connectivity index (χ2v) is 4.64. The van der Waals surface area contributed by atoms with Gasteiger partial charge in [-0.15, -0.1) is 0 Å². The van der Waals surface area contributed by atoms with E-state index < -0.39 is 5.97 Å². The average molecular weight is 277 g/mol. The van der Waals surface area contributed by atoms with Crippen LogP contribution in [-0.4, -0.2) is 11.1 Å². The lowest BCUT2D eigenvalue weighted by Crippen LogP contribution is -2.03. The van der Waals surface area contributed by atoms with Gasteiger partial charge in [0.1, 0.15) is 11.6 Å². The van der Waals surface area contributed by atoms with Crippen LogP contribution in [0.5, 0.6) is 0 Å². The molecule has 0 heterocycles. The minimum Gasteiger partial charge on any atom is -0.477 e. The first-order valence-corrected chi connectivity index (χ1v) is 6.66. The fourth-order valence-corrected chi connectivity index (χ4v) is 2.25. The molecule has 0 radical (unpaired) electrons. The van der Waals surface area contributed by atoms with Crippen LogP contribution in [0.3, 0.4) is 0 Å². The number of nitrogens with zero attached hydrogens (tertiary/aromatic N) is 1. The van der Waals surface area contributed by atoms with E-state index in [1.165, 1.54) is 6.08 Å². The van der Waals surface area contributed by atoms with Gasteiger partial charge in [0, 0.05) is 5.92 Å². The molecule has 0 fully saturated rings.